The zero-order chi connectivity index (χ0) is 23.6. The van der Waals surface area contributed by atoms with Crippen LogP contribution in [0.25, 0.3) is 0 Å². The lowest BCUT2D eigenvalue weighted by Crippen LogP contribution is -2.57. The van der Waals surface area contributed by atoms with Gasteiger partial charge in [-0.1, -0.05) is 34.1 Å². The van der Waals surface area contributed by atoms with Crippen LogP contribution in [0.3, 0.4) is 0 Å². The number of hydrogen-bond donors (Lipinski definition) is 6. The van der Waals surface area contributed by atoms with Crippen molar-refractivity contribution in [3.63, 3.8) is 0 Å². The molecule has 11 heteroatoms. The second-order valence-electron chi connectivity index (χ2n) is 7.83. The van der Waals surface area contributed by atoms with Crippen LogP contribution in [0, 0.1) is 11.8 Å². The number of aliphatic carboxylic acids is 2. The van der Waals surface area contributed by atoms with Crippen LogP contribution in [0.5, 0.6) is 0 Å². The minimum absolute atomic E-state index is 0.0347. The Kier molecular flexibility index (Phi) is 11.6. The first kappa shape index (κ1) is 27.3. The van der Waals surface area contributed by atoms with Gasteiger partial charge in [-0.3, -0.25) is 19.2 Å². The molecule has 172 valence electrons. The van der Waals surface area contributed by atoms with Gasteiger partial charge >= 0.3 is 11.9 Å². The van der Waals surface area contributed by atoms with Crippen molar-refractivity contribution in [3.8, 4) is 0 Å². The second-order valence-corrected chi connectivity index (χ2v) is 7.83. The number of nitrogens with one attached hydrogen (secondary N) is 3. The van der Waals surface area contributed by atoms with Crippen LogP contribution in [0.1, 0.15) is 53.9 Å². The summed E-state index contributed by atoms with van der Waals surface area (Å²) < 4.78 is 0. The molecule has 3 amide bonds. The van der Waals surface area contributed by atoms with Gasteiger partial charge in [-0.2, -0.15) is 0 Å². The van der Waals surface area contributed by atoms with Crippen LogP contribution < -0.4 is 21.7 Å². The quantitative estimate of drug-likeness (QED) is 0.224. The van der Waals surface area contributed by atoms with Crippen LogP contribution in [0.15, 0.2) is 0 Å². The van der Waals surface area contributed by atoms with Crippen LogP contribution in [-0.4, -0.2) is 64.0 Å². The topological polar surface area (TPSA) is 188 Å². The van der Waals surface area contributed by atoms with Crippen LogP contribution in [0.4, 0.5) is 0 Å². The monoisotopic (exact) mass is 430 g/mol. The van der Waals surface area contributed by atoms with Gasteiger partial charge in [-0.05, 0) is 25.2 Å². The van der Waals surface area contributed by atoms with E-state index in [2.05, 4.69) is 16.0 Å². The number of rotatable bonds is 13. The zero-order valence-electron chi connectivity index (χ0n) is 18.1. The molecule has 0 bridgehead atoms. The van der Waals surface area contributed by atoms with Crippen molar-refractivity contribution in [1.29, 1.82) is 0 Å². The molecule has 0 spiro atoms. The highest BCUT2D eigenvalue weighted by Crippen LogP contribution is 2.08. The Morgan fingerprint density at radius 1 is 0.833 bits per heavy atom. The van der Waals surface area contributed by atoms with Gasteiger partial charge in [0.05, 0.1) is 12.5 Å². The van der Waals surface area contributed by atoms with E-state index in [1.54, 1.807) is 13.8 Å². The van der Waals surface area contributed by atoms with E-state index in [0.29, 0.717) is 6.42 Å². The molecule has 0 saturated carbocycles. The molecular weight excluding hydrogens is 396 g/mol. The van der Waals surface area contributed by atoms with Crippen LogP contribution in [-0.2, 0) is 24.0 Å². The van der Waals surface area contributed by atoms with Crippen molar-refractivity contribution in [2.45, 2.75) is 78.0 Å². The Labute approximate surface area is 176 Å². The third-order valence-corrected chi connectivity index (χ3v) is 4.65. The predicted octanol–water partition coefficient (Wildman–Crippen LogP) is -0.560. The SMILES string of the molecule is CCC(C)C(N)C(=O)NC(C)C(=O)NC(CC(C)C)C(=O)NC(CC(=O)O)C(=O)O. The summed E-state index contributed by atoms with van der Waals surface area (Å²) >= 11 is 0. The van der Waals surface area contributed by atoms with Gasteiger partial charge in [-0.25, -0.2) is 4.79 Å². The molecule has 5 atom stereocenters. The Morgan fingerprint density at radius 3 is 1.80 bits per heavy atom. The molecule has 0 aromatic rings. The fourth-order valence-corrected chi connectivity index (χ4v) is 2.53. The van der Waals surface area contributed by atoms with Crippen molar-refractivity contribution in [2.75, 3.05) is 0 Å². The molecule has 0 saturated heterocycles. The highest BCUT2D eigenvalue weighted by molar-refractivity contribution is 5.94. The molecule has 0 aliphatic carbocycles. The Morgan fingerprint density at radius 2 is 1.37 bits per heavy atom. The van der Waals surface area contributed by atoms with Crippen molar-refractivity contribution in [3.05, 3.63) is 0 Å². The maximum absolute atomic E-state index is 12.5. The summed E-state index contributed by atoms with van der Waals surface area (Å²) in [5.41, 5.74) is 5.85. The molecule has 7 N–H and O–H groups in total. The summed E-state index contributed by atoms with van der Waals surface area (Å²) in [6, 6.07) is -4.50. The van der Waals surface area contributed by atoms with E-state index in [1.165, 1.54) is 6.92 Å². The maximum Gasteiger partial charge on any atom is 0.326 e. The molecule has 0 heterocycles. The predicted molar refractivity (Wildman–Crippen MR) is 108 cm³/mol. The third-order valence-electron chi connectivity index (χ3n) is 4.65. The van der Waals surface area contributed by atoms with E-state index in [9.17, 15) is 24.0 Å². The van der Waals surface area contributed by atoms with Gasteiger partial charge in [0.15, 0.2) is 0 Å². The minimum atomic E-state index is -1.63. The van der Waals surface area contributed by atoms with Crippen LogP contribution >= 0.6 is 0 Å². The van der Waals surface area contributed by atoms with E-state index in [0.717, 1.165) is 0 Å². The first-order valence-electron chi connectivity index (χ1n) is 9.91. The normalized spacial score (nSPS) is 16.0. The van der Waals surface area contributed by atoms with Crippen LogP contribution in [0.2, 0.25) is 0 Å². The molecule has 0 radical (unpaired) electrons. The zero-order valence-corrected chi connectivity index (χ0v) is 18.1. The van der Waals surface area contributed by atoms with Gasteiger partial charge in [0.1, 0.15) is 18.1 Å². The molecular formula is C19H34N4O7. The highest BCUT2D eigenvalue weighted by atomic mass is 16.4. The van der Waals surface area contributed by atoms with Gasteiger partial charge in [-0.15, -0.1) is 0 Å². The number of carboxylic acid groups (broad SMARTS) is 2. The standard InChI is InChI=1S/C19H34N4O7/c1-6-10(4)15(20)18(28)21-11(5)16(26)22-12(7-9(2)3)17(27)23-13(19(29)30)8-14(24)25/h9-13,15H,6-8,20H2,1-5H3,(H,21,28)(H,22,26)(H,23,27)(H,24,25)(H,29,30). The van der Waals surface area contributed by atoms with Crippen molar-refractivity contribution in [1.82, 2.24) is 16.0 Å². The molecule has 11 nitrogen and oxygen atoms in total. The fourth-order valence-electron chi connectivity index (χ4n) is 2.53. The Balaban J connectivity index is 5.16. The summed E-state index contributed by atoms with van der Waals surface area (Å²) in [5, 5.41) is 25.0. The van der Waals surface area contributed by atoms with E-state index in [-0.39, 0.29) is 18.3 Å². The number of nitrogens with two attached hydrogens (primary N) is 1. The van der Waals surface area contributed by atoms with Crippen molar-refractivity contribution >= 4 is 29.7 Å². The number of hydrogen-bond acceptors (Lipinski definition) is 6. The minimum Gasteiger partial charge on any atom is -0.481 e. The first-order valence-corrected chi connectivity index (χ1v) is 9.91. The summed E-state index contributed by atoms with van der Waals surface area (Å²) in [7, 11) is 0. The molecule has 0 rings (SSSR count). The van der Waals surface area contributed by atoms with E-state index >= 15 is 0 Å². The summed E-state index contributed by atoms with van der Waals surface area (Å²) in [4.78, 5) is 59.1. The van der Waals surface area contributed by atoms with Gasteiger partial charge in [0.25, 0.3) is 0 Å². The van der Waals surface area contributed by atoms with Gasteiger partial charge < -0.3 is 31.9 Å². The lowest BCUT2D eigenvalue weighted by molar-refractivity contribution is -0.147. The Bertz CT molecular complexity index is 638. The van der Waals surface area contributed by atoms with E-state index in [4.69, 9.17) is 15.9 Å². The second kappa shape index (κ2) is 12.8. The lowest BCUT2D eigenvalue weighted by atomic mass is 9.99. The molecule has 0 fully saturated rings. The first-order chi connectivity index (χ1) is 13.8. The molecule has 0 aliphatic rings. The van der Waals surface area contributed by atoms with E-state index in [1.807, 2.05) is 13.8 Å². The smallest absolute Gasteiger partial charge is 0.326 e. The average molecular weight is 431 g/mol. The van der Waals surface area contributed by atoms with Crippen molar-refractivity contribution in [2.24, 2.45) is 17.6 Å². The largest absolute Gasteiger partial charge is 0.481 e. The summed E-state index contributed by atoms with van der Waals surface area (Å²) in [6.07, 6.45) is 0.0697. The number of carbonyl (C=O) groups is 5. The molecule has 30 heavy (non-hydrogen) atoms. The Hall–Kier alpha value is -2.69. The van der Waals surface area contributed by atoms with Gasteiger partial charge in [0.2, 0.25) is 17.7 Å². The summed E-state index contributed by atoms with van der Waals surface area (Å²) in [5.74, 6) is -4.97. The van der Waals surface area contributed by atoms with Crippen molar-refractivity contribution < 1.29 is 34.2 Å². The van der Waals surface area contributed by atoms with E-state index < -0.39 is 60.2 Å². The maximum atomic E-state index is 12.5. The highest BCUT2D eigenvalue weighted by Gasteiger charge is 2.30. The lowest BCUT2D eigenvalue weighted by Gasteiger charge is -2.25. The van der Waals surface area contributed by atoms with Gasteiger partial charge in [0, 0.05) is 0 Å². The number of carbonyl (C=O) groups excluding carboxylic acids is 3. The fraction of sp³-hybridized carbons (Fsp3) is 0.737. The number of amides is 3. The molecule has 0 aromatic carbocycles. The molecule has 0 aliphatic heterocycles. The summed E-state index contributed by atoms with van der Waals surface area (Å²) in [6.45, 7) is 8.74. The molecule has 5 unspecified atom stereocenters. The third kappa shape index (κ3) is 9.68. The number of carboxylic acids is 2. The molecule has 0 aromatic heterocycles. The average Bonchev–Trinajstić information content (AvgIpc) is 2.64.